The van der Waals surface area contributed by atoms with Gasteiger partial charge in [0.25, 0.3) is 0 Å². The van der Waals surface area contributed by atoms with Crippen LogP contribution in [0.25, 0.3) is 0 Å². The zero-order chi connectivity index (χ0) is 13.0. The summed E-state index contributed by atoms with van der Waals surface area (Å²) in [5, 5.41) is 12.9. The first-order valence-electron chi connectivity index (χ1n) is 6.66. The van der Waals surface area contributed by atoms with Gasteiger partial charge < -0.3 is 15.3 Å². The number of aliphatic hydroxyl groups is 1. The van der Waals surface area contributed by atoms with Crippen LogP contribution in [0.2, 0.25) is 0 Å². The van der Waals surface area contributed by atoms with Crippen LogP contribution in [0.1, 0.15) is 32.6 Å². The van der Waals surface area contributed by atoms with E-state index in [2.05, 4.69) is 27.1 Å². The standard InChI is InChI=1S/C13H22N4O/c1-3-17(2)13-8-12(14-9-15-13)16-10-4-6-11(18)7-5-10/h8-11,18H,3-7H2,1-2H3,(H,14,15,16). The molecule has 0 aliphatic heterocycles. The maximum Gasteiger partial charge on any atom is 0.133 e. The summed E-state index contributed by atoms with van der Waals surface area (Å²) in [6.45, 7) is 3.02. The van der Waals surface area contributed by atoms with E-state index in [1.54, 1.807) is 6.33 Å². The third-order valence-electron chi connectivity index (χ3n) is 3.57. The van der Waals surface area contributed by atoms with Crippen molar-refractivity contribution >= 4 is 11.6 Å². The molecule has 18 heavy (non-hydrogen) atoms. The number of aromatic nitrogens is 2. The van der Waals surface area contributed by atoms with Crippen molar-refractivity contribution in [3.63, 3.8) is 0 Å². The highest BCUT2D eigenvalue weighted by molar-refractivity contribution is 5.48. The number of hydrogen-bond acceptors (Lipinski definition) is 5. The summed E-state index contributed by atoms with van der Waals surface area (Å²) in [5.74, 6) is 1.81. The molecule has 1 aliphatic rings. The number of nitrogens with zero attached hydrogens (tertiary/aromatic N) is 3. The lowest BCUT2D eigenvalue weighted by molar-refractivity contribution is 0.126. The Morgan fingerprint density at radius 1 is 1.33 bits per heavy atom. The molecule has 1 heterocycles. The molecule has 2 N–H and O–H groups in total. The van der Waals surface area contributed by atoms with Gasteiger partial charge in [-0.3, -0.25) is 0 Å². The lowest BCUT2D eigenvalue weighted by Crippen LogP contribution is -2.28. The van der Waals surface area contributed by atoms with Crippen LogP contribution in [0.4, 0.5) is 11.6 Å². The first kappa shape index (κ1) is 13.1. The minimum absolute atomic E-state index is 0.116. The Bertz CT molecular complexity index is 377. The van der Waals surface area contributed by atoms with Crippen LogP contribution >= 0.6 is 0 Å². The number of aliphatic hydroxyl groups excluding tert-OH is 1. The molecule has 1 aromatic rings. The maximum atomic E-state index is 9.48. The van der Waals surface area contributed by atoms with Gasteiger partial charge in [0, 0.05) is 25.7 Å². The SMILES string of the molecule is CCN(C)c1cc(NC2CCC(O)CC2)ncn1. The van der Waals surface area contributed by atoms with E-state index in [0.717, 1.165) is 43.9 Å². The fourth-order valence-corrected chi connectivity index (χ4v) is 2.23. The van der Waals surface area contributed by atoms with Crippen molar-refractivity contribution in [2.24, 2.45) is 0 Å². The zero-order valence-electron chi connectivity index (χ0n) is 11.1. The van der Waals surface area contributed by atoms with E-state index in [4.69, 9.17) is 0 Å². The summed E-state index contributed by atoms with van der Waals surface area (Å²) in [5.41, 5.74) is 0. The Hall–Kier alpha value is -1.36. The van der Waals surface area contributed by atoms with E-state index in [9.17, 15) is 5.11 Å². The van der Waals surface area contributed by atoms with Crippen molar-refractivity contribution in [3.05, 3.63) is 12.4 Å². The zero-order valence-corrected chi connectivity index (χ0v) is 11.1. The molecule has 1 fully saturated rings. The summed E-state index contributed by atoms with van der Waals surface area (Å²) in [4.78, 5) is 10.6. The fourth-order valence-electron chi connectivity index (χ4n) is 2.23. The normalized spacial score (nSPS) is 23.7. The minimum Gasteiger partial charge on any atom is -0.393 e. The summed E-state index contributed by atoms with van der Waals surface area (Å²) in [6.07, 6.45) is 5.25. The van der Waals surface area contributed by atoms with Crippen molar-refractivity contribution in [1.82, 2.24) is 9.97 Å². The van der Waals surface area contributed by atoms with Gasteiger partial charge in [0.2, 0.25) is 0 Å². The number of hydrogen-bond donors (Lipinski definition) is 2. The van der Waals surface area contributed by atoms with Gasteiger partial charge in [-0.15, -0.1) is 0 Å². The molecule has 2 rings (SSSR count). The molecule has 0 aromatic carbocycles. The maximum absolute atomic E-state index is 9.48. The lowest BCUT2D eigenvalue weighted by atomic mass is 9.93. The molecule has 1 saturated carbocycles. The lowest BCUT2D eigenvalue weighted by Gasteiger charge is -2.26. The molecule has 0 spiro atoms. The molecule has 0 radical (unpaired) electrons. The monoisotopic (exact) mass is 250 g/mol. The van der Waals surface area contributed by atoms with Crippen molar-refractivity contribution in [3.8, 4) is 0 Å². The van der Waals surface area contributed by atoms with Gasteiger partial charge in [-0.1, -0.05) is 0 Å². The highest BCUT2D eigenvalue weighted by atomic mass is 16.3. The predicted octanol–water partition coefficient (Wildman–Crippen LogP) is 1.65. The number of anilines is 2. The van der Waals surface area contributed by atoms with E-state index < -0.39 is 0 Å². The summed E-state index contributed by atoms with van der Waals surface area (Å²) in [6, 6.07) is 2.40. The average molecular weight is 250 g/mol. The van der Waals surface area contributed by atoms with Crippen LogP contribution in [0, 0.1) is 0 Å². The highest BCUT2D eigenvalue weighted by Gasteiger charge is 2.19. The van der Waals surface area contributed by atoms with Gasteiger partial charge in [0.1, 0.15) is 18.0 Å². The van der Waals surface area contributed by atoms with Crippen molar-refractivity contribution in [2.75, 3.05) is 23.8 Å². The molecule has 0 bridgehead atoms. The Morgan fingerprint density at radius 2 is 2.06 bits per heavy atom. The molecule has 5 nitrogen and oxygen atoms in total. The van der Waals surface area contributed by atoms with Gasteiger partial charge in [-0.05, 0) is 32.6 Å². The quantitative estimate of drug-likeness (QED) is 0.851. The largest absolute Gasteiger partial charge is 0.393 e. The van der Waals surface area contributed by atoms with E-state index >= 15 is 0 Å². The van der Waals surface area contributed by atoms with Crippen molar-refractivity contribution < 1.29 is 5.11 Å². The summed E-state index contributed by atoms with van der Waals surface area (Å²) >= 11 is 0. The highest BCUT2D eigenvalue weighted by Crippen LogP contribution is 2.22. The first-order valence-corrected chi connectivity index (χ1v) is 6.66. The first-order chi connectivity index (χ1) is 8.69. The molecular weight excluding hydrogens is 228 g/mol. The Morgan fingerprint density at radius 3 is 2.72 bits per heavy atom. The van der Waals surface area contributed by atoms with Crippen LogP contribution in [-0.2, 0) is 0 Å². The minimum atomic E-state index is -0.116. The molecule has 0 amide bonds. The van der Waals surface area contributed by atoms with Gasteiger partial charge in [-0.2, -0.15) is 0 Å². The fraction of sp³-hybridized carbons (Fsp3) is 0.692. The van der Waals surface area contributed by atoms with Crippen molar-refractivity contribution in [2.45, 2.75) is 44.8 Å². The summed E-state index contributed by atoms with van der Waals surface area (Å²) < 4.78 is 0. The van der Waals surface area contributed by atoms with Crippen LogP contribution < -0.4 is 10.2 Å². The second kappa shape index (κ2) is 6.00. The van der Waals surface area contributed by atoms with E-state index in [-0.39, 0.29) is 6.10 Å². The molecule has 1 aromatic heterocycles. The Labute approximate surface area is 108 Å². The van der Waals surface area contributed by atoms with Crippen molar-refractivity contribution in [1.29, 1.82) is 0 Å². The van der Waals surface area contributed by atoms with Crippen LogP contribution in [0.3, 0.4) is 0 Å². The molecule has 0 saturated heterocycles. The van der Waals surface area contributed by atoms with E-state index in [1.165, 1.54) is 0 Å². The summed E-state index contributed by atoms with van der Waals surface area (Å²) in [7, 11) is 2.02. The van der Waals surface area contributed by atoms with E-state index in [1.807, 2.05) is 13.1 Å². The van der Waals surface area contributed by atoms with E-state index in [0.29, 0.717) is 6.04 Å². The molecule has 100 valence electrons. The molecule has 0 unspecified atom stereocenters. The van der Waals surface area contributed by atoms with Crippen LogP contribution in [0.5, 0.6) is 0 Å². The van der Waals surface area contributed by atoms with Gasteiger partial charge >= 0.3 is 0 Å². The molecule has 0 atom stereocenters. The topological polar surface area (TPSA) is 61.3 Å². The smallest absolute Gasteiger partial charge is 0.133 e. The average Bonchev–Trinajstić information content (AvgIpc) is 2.41. The third-order valence-corrected chi connectivity index (χ3v) is 3.57. The third kappa shape index (κ3) is 3.32. The Kier molecular flexibility index (Phi) is 4.36. The second-order valence-corrected chi connectivity index (χ2v) is 4.93. The van der Waals surface area contributed by atoms with Crippen LogP contribution in [-0.4, -0.2) is 40.8 Å². The second-order valence-electron chi connectivity index (χ2n) is 4.93. The molecule has 5 heteroatoms. The number of rotatable bonds is 4. The van der Waals surface area contributed by atoms with Gasteiger partial charge in [-0.25, -0.2) is 9.97 Å². The van der Waals surface area contributed by atoms with Gasteiger partial charge in [0.15, 0.2) is 0 Å². The molecular formula is C13H22N4O. The van der Waals surface area contributed by atoms with Gasteiger partial charge in [0.05, 0.1) is 6.10 Å². The van der Waals surface area contributed by atoms with Crippen LogP contribution in [0.15, 0.2) is 12.4 Å². The number of nitrogens with one attached hydrogen (secondary N) is 1. The Balaban J connectivity index is 1.96. The molecule has 1 aliphatic carbocycles. The predicted molar refractivity (Wildman–Crippen MR) is 72.9 cm³/mol.